The Bertz CT molecular complexity index is 622. The molecule has 1 aromatic heterocycles. The lowest BCUT2D eigenvalue weighted by atomic mass is 9.86. The van der Waals surface area contributed by atoms with Crippen molar-refractivity contribution >= 4 is 17.6 Å². The van der Waals surface area contributed by atoms with Gasteiger partial charge in [-0.3, -0.25) is 4.79 Å². The molecule has 0 saturated heterocycles. The quantitative estimate of drug-likeness (QED) is 0.914. The highest BCUT2D eigenvalue weighted by Crippen LogP contribution is 2.27. The van der Waals surface area contributed by atoms with E-state index >= 15 is 0 Å². The van der Waals surface area contributed by atoms with E-state index in [1.807, 2.05) is 26.0 Å². The number of aliphatic carboxylic acids is 1. The highest BCUT2D eigenvalue weighted by atomic mass is 35.5. The van der Waals surface area contributed by atoms with Crippen LogP contribution in [0.3, 0.4) is 0 Å². The number of rotatable bonds is 5. The first kappa shape index (κ1) is 14.5. The molecule has 1 N–H and O–H groups in total. The minimum absolute atomic E-state index is 0.0435. The second-order valence-corrected chi connectivity index (χ2v) is 5.87. The van der Waals surface area contributed by atoms with Crippen LogP contribution in [0.1, 0.15) is 26.2 Å². The summed E-state index contributed by atoms with van der Waals surface area (Å²) in [6.45, 7) is 3.70. The molecular formula is C14H15ClN2O3. The van der Waals surface area contributed by atoms with Crippen molar-refractivity contribution in [2.24, 2.45) is 5.41 Å². The van der Waals surface area contributed by atoms with Crippen LogP contribution in [0.5, 0.6) is 0 Å². The van der Waals surface area contributed by atoms with Crippen molar-refractivity contribution < 1.29 is 14.4 Å². The molecule has 0 amide bonds. The average molecular weight is 295 g/mol. The number of benzene rings is 1. The van der Waals surface area contributed by atoms with Gasteiger partial charge >= 0.3 is 5.97 Å². The molecule has 0 fully saturated rings. The molecule has 20 heavy (non-hydrogen) atoms. The molecule has 5 nitrogen and oxygen atoms in total. The second kappa shape index (κ2) is 5.63. The van der Waals surface area contributed by atoms with Crippen LogP contribution < -0.4 is 0 Å². The van der Waals surface area contributed by atoms with Crippen molar-refractivity contribution in [3.05, 3.63) is 35.2 Å². The molecular weight excluding hydrogens is 280 g/mol. The first-order valence-corrected chi connectivity index (χ1v) is 6.54. The van der Waals surface area contributed by atoms with Gasteiger partial charge in [0.15, 0.2) is 0 Å². The van der Waals surface area contributed by atoms with Crippen LogP contribution in [0.25, 0.3) is 11.4 Å². The van der Waals surface area contributed by atoms with Gasteiger partial charge in [-0.2, -0.15) is 4.98 Å². The summed E-state index contributed by atoms with van der Waals surface area (Å²) >= 11 is 5.91. The number of carboxylic acids is 1. The third-order valence-electron chi connectivity index (χ3n) is 2.81. The first-order chi connectivity index (χ1) is 9.35. The normalized spacial score (nSPS) is 11.6. The number of hydrogen-bond acceptors (Lipinski definition) is 4. The molecule has 0 aliphatic rings. The molecule has 0 spiro atoms. The molecule has 1 aromatic carbocycles. The fourth-order valence-corrected chi connectivity index (χ4v) is 2.14. The number of aromatic nitrogens is 2. The molecule has 0 bridgehead atoms. The summed E-state index contributed by atoms with van der Waals surface area (Å²) in [5, 5.41) is 13.4. The maximum atomic E-state index is 10.8. The van der Waals surface area contributed by atoms with Gasteiger partial charge in [-0.05, 0) is 17.5 Å². The zero-order chi connectivity index (χ0) is 14.8. The third-order valence-corrected chi connectivity index (χ3v) is 3.05. The van der Waals surface area contributed by atoms with Crippen molar-refractivity contribution in [1.82, 2.24) is 10.1 Å². The van der Waals surface area contributed by atoms with E-state index in [1.165, 1.54) is 0 Å². The Labute approximate surface area is 121 Å². The van der Waals surface area contributed by atoms with Crippen LogP contribution in [-0.2, 0) is 11.2 Å². The Balaban J connectivity index is 2.15. The number of carbonyl (C=O) groups is 1. The van der Waals surface area contributed by atoms with E-state index in [0.29, 0.717) is 23.2 Å². The Hall–Kier alpha value is -1.88. The number of hydrogen-bond donors (Lipinski definition) is 1. The topological polar surface area (TPSA) is 76.2 Å². The summed E-state index contributed by atoms with van der Waals surface area (Å²) in [6.07, 6.45) is 0.453. The van der Waals surface area contributed by atoms with Gasteiger partial charge in [-0.1, -0.05) is 42.7 Å². The van der Waals surface area contributed by atoms with E-state index in [2.05, 4.69) is 10.1 Å². The predicted molar refractivity (Wildman–Crippen MR) is 74.5 cm³/mol. The fourth-order valence-electron chi connectivity index (χ4n) is 1.95. The van der Waals surface area contributed by atoms with Gasteiger partial charge < -0.3 is 9.63 Å². The summed E-state index contributed by atoms with van der Waals surface area (Å²) in [5.74, 6) is 0.0319. The van der Waals surface area contributed by atoms with Crippen molar-refractivity contribution in [2.75, 3.05) is 0 Å². The Morgan fingerprint density at radius 2 is 2.20 bits per heavy atom. The molecule has 0 atom stereocenters. The lowest BCUT2D eigenvalue weighted by Crippen LogP contribution is -2.19. The number of nitrogens with zero attached hydrogens (tertiary/aromatic N) is 2. The molecule has 6 heteroatoms. The van der Waals surface area contributed by atoms with Crippen molar-refractivity contribution in [1.29, 1.82) is 0 Å². The molecule has 0 saturated carbocycles. The zero-order valence-electron chi connectivity index (χ0n) is 11.3. The average Bonchev–Trinajstić information content (AvgIpc) is 2.74. The maximum Gasteiger partial charge on any atom is 0.303 e. The summed E-state index contributed by atoms with van der Waals surface area (Å²) < 4.78 is 5.18. The van der Waals surface area contributed by atoms with Gasteiger partial charge in [0.25, 0.3) is 0 Å². The first-order valence-electron chi connectivity index (χ1n) is 6.16. The van der Waals surface area contributed by atoms with Gasteiger partial charge in [0.1, 0.15) is 0 Å². The summed E-state index contributed by atoms with van der Waals surface area (Å²) in [7, 11) is 0. The van der Waals surface area contributed by atoms with Gasteiger partial charge in [-0.15, -0.1) is 0 Å². The van der Waals surface area contributed by atoms with Gasteiger partial charge in [0.05, 0.1) is 6.42 Å². The SMILES string of the molecule is CC(C)(CC(=O)O)Cc1nc(-c2cccc(Cl)c2)no1. The highest BCUT2D eigenvalue weighted by molar-refractivity contribution is 6.30. The van der Waals surface area contributed by atoms with Gasteiger partial charge in [0, 0.05) is 17.0 Å². The van der Waals surface area contributed by atoms with Gasteiger partial charge in [0.2, 0.25) is 11.7 Å². The van der Waals surface area contributed by atoms with Crippen LogP contribution >= 0.6 is 11.6 Å². The Morgan fingerprint density at radius 1 is 1.45 bits per heavy atom. The van der Waals surface area contributed by atoms with E-state index in [4.69, 9.17) is 21.2 Å². The van der Waals surface area contributed by atoms with Crippen LogP contribution in [0.4, 0.5) is 0 Å². The lowest BCUT2D eigenvalue weighted by molar-refractivity contribution is -0.139. The van der Waals surface area contributed by atoms with Crippen molar-refractivity contribution in [3.63, 3.8) is 0 Å². The molecule has 0 aliphatic carbocycles. The number of carboxylic acid groups (broad SMARTS) is 1. The molecule has 0 aliphatic heterocycles. The minimum atomic E-state index is -0.843. The fraction of sp³-hybridized carbons (Fsp3) is 0.357. The van der Waals surface area contributed by atoms with Crippen molar-refractivity contribution in [2.45, 2.75) is 26.7 Å². The largest absolute Gasteiger partial charge is 0.481 e. The van der Waals surface area contributed by atoms with Crippen LogP contribution in [0, 0.1) is 5.41 Å². The van der Waals surface area contributed by atoms with E-state index in [9.17, 15) is 4.79 Å². The van der Waals surface area contributed by atoms with Crippen molar-refractivity contribution in [3.8, 4) is 11.4 Å². The molecule has 0 unspecified atom stereocenters. The molecule has 2 rings (SSSR count). The van der Waals surface area contributed by atoms with Crippen LogP contribution in [0.2, 0.25) is 5.02 Å². The second-order valence-electron chi connectivity index (χ2n) is 5.43. The monoisotopic (exact) mass is 294 g/mol. The van der Waals surface area contributed by atoms with Crippen LogP contribution in [-0.4, -0.2) is 21.2 Å². The molecule has 1 heterocycles. The smallest absolute Gasteiger partial charge is 0.303 e. The van der Waals surface area contributed by atoms with E-state index in [-0.39, 0.29) is 6.42 Å². The van der Waals surface area contributed by atoms with E-state index in [0.717, 1.165) is 5.56 Å². The molecule has 0 radical (unpaired) electrons. The summed E-state index contributed by atoms with van der Waals surface area (Å²) in [4.78, 5) is 15.1. The number of halogens is 1. The van der Waals surface area contributed by atoms with E-state index < -0.39 is 11.4 Å². The van der Waals surface area contributed by atoms with Gasteiger partial charge in [-0.25, -0.2) is 0 Å². The zero-order valence-corrected chi connectivity index (χ0v) is 12.0. The van der Waals surface area contributed by atoms with E-state index in [1.54, 1.807) is 12.1 Å². The minimum Gasteiger partial charge on any atom is -0.481 e. The Morgan fingerprint density at radius 3 is 2.85 bits per heavy atom. The third kappa shape index (κ3) is 3.81. The van der Waals surface area contributed by atoms with Crippen LogP contribution in [0.15, 0.2) is 28.8 Å². The predicted octanol–water partition coefficient (Wildman–Crippen LogP) is 3.43. The Kier molecular flexibility index (Phi) is 4.09. The lowest BCUT2D eigenvalue weighted by Gasteiger charge is -2.19. The summed E-state index contributed by atoms with van der Waals surface area (Å²) in [6, 6.07) is 7.16. The summed E-state index contributed by atoms with van der Waals surface area (Å²) in [5.41, 5.74) is 0.327. The molecule has 2 aromatic rings. The maximum absolute atomic E-state index is 10.8. The molecule has 106 valence electrons. The standard InChI is InChI=1S/C14H15ClN2O3/c1-14(2,8-12(18)19)7-11-16-13(17-20-11)9-4-3-5-10(15)6-9/h3-6H,7-8H2,1-2H3,(H,18,19). The highest BCUT2D eigenvalue weighted by Gasteiger charge is 2.25.